The van der Waals surface area contributed by atoms with Crippen LogP contribution < -0.4 is 15.6 Å². The van der Waals surface area contributed by atoms with E-state index in [1.54, 1.807) is 25.3 Å². The van der Waals surface area contributed by atoms with Gasteiger partial charge in [-0.15, -0.1) is 0 Å². The number of ether oxygens (including phenoxy) is 1. The number of carbonyl (C=O) groups is 1. The van der Waals surface area contributed by atoms with E-state index in [0.717, 1.165) is 5.56 Å². The minimum atomic E-state index is -0.303. The van der Waals surface area contributed by atoms with Crippen LogP contribution in [0.3, 0.4) is 0 Å². The maximum Gasteiger partial charge on any atom is 0.262 e. The molecule has 0 radical (unpaired) electrons. The van der Waals surface area contributed by atoms with Crippen LogP contribution in [-0.4, -0.2) is 22.6 Å². The molecule has 3 aromatic rings. The van der Waals surface area contributed by atoms with Gasteiger partial charge in [-0.3, -0.25) is 14.2 Å². The number of rotatable bonds is 5. The Kier molecular flexibility index (Phi) is 4.95. The largest absolute Gasteiger partial charge is 0.496 e. The molecule has 0 fully saturated rings. The summed E-state index contributed by atoms with van der Waals surface area (Å²) in [6, 6.07) is 14.5. The zero-order valence-electron chi connectivity index (χ0n) is 13.6. The standard InChI is InChI=1S/C18H17N3O3S/c1-24-15-9-5-2-6-12(15)10-19-16(22)11-21-17(23)13-7-3-4-8-14(13)20-18(21)25/h2-9H,10-11H2,1H3,(H,19,22)(H,20,25). The van der Waals surface area contributed by atoms with Crippen molar-refractivity contribution in [3.05, 3.63) is 69.2 Å². The highest BCUT2D eigenvalue weighted by atomic mass is 32.1. The predicted molar refractivity (Wildman–Crippen MR) is 98.2 cm³/mol. The highest BCUT2D eigenvalue weighted by Crippen LogP contribution is 2.16. The summed E-state index contributed by atoms with van der Waals surface area (Å²) in [4.78, 5) is 27.8. The molecule has 0 unspecified atom stereocenters. The fraction of sp³-hybridized carbons (Fsp3) is 0.167. The van der Waals surface area contributed by atoms with Gasteiger partial charge in [0.05, 0.1) is 18.0 Å². The number of hydrogen-bond donors (Lipinski definition) is 2. The summed E-state index contributed by atoms with van der Waals surface area (Å²) in [5, 5.41) is 3.28. The van der Waals surface area contributed by atoms with Crippen molar-refractivity contribution in [2.75, 3.05) is 7.11 Å². The van der Waals surface area contributed by atoms with E-state index in [4.69, 9.17) is 17.0 Å². The molecule has 0 aliphatic carbocycles. The van der Waals surface area contributed by atoms with Gasteiger partial charge >= 0.3 is 0 Å². The Morgan fingerprint density at radius 1 is 1.20 bits per heavy atom. The number of nitrogens with zero attached hydrogens (tertiary/aromatic N) is 1. The highest BCUT2D eigenvalue weighted by Gasteiger charge is 2.10. The number of hydrogen-bond acceptors (Lipinski definition) is 4. The zero-order valence-corrected chi connectivity index (χ0v) is 14.4. The Morgan fingerprint density at radius 3 is 2.72 bits per heavy atom. The third-order valence-electron chi connectivity index (χ3n) is 3.86. The molecule has 0 saturated heterocycles. The quantitative estimate of drug-likeness (QED) is 0.689. The van der Waals surface area contributed by atoms with Crippen LogP contribution in [0.1, 0.15) is 5.56 Å². The maximum absolute atomic E-state index is 12.5. The van der Waals surface area contributed by atoms with Crippen LogP contribution in [0.2, 0.25) is 0 Å². The number of aromatic nitrogens is 2. The third-order valence-corrected chi connectivity index (χ3v) is 4.18. The second kappa shape index (κ2) is 7.31. The summed E-state index contributed by atoms with van der Waals surface area (Å²) < 4.78 is 6.73. The first-order chi connectivity index (χ1) is 12.1. The van der Waals surface area contributed by atoms with Gasteiger partial charge in [0, 0.05) is 12.1 Å². The normalized spacial score (nSPS) is 10.6. The first-order valence-corrected chi connectivity index (χ1v) is 8.11. The summed E-state index contributed by atoms with van der Waals surface area (Å²) in [7, 11) is 1.58. The molecule has 3 rings (SSSR count). The number of aromatic amines is 1. The third kappa shape index (κ3) is 3.61. The second-order valence-corrected chi connectivity index (χ2v) is 5.84. The topological polar surface area (TPSA) is 76.1 Å². The molecule has 1 amide bonds. The molecule has 0 saturated carbocycles. The number of methoxy groups -OCH3 is 1. The molecule has 0 aliphatic rings. The average molecular weight is 355 g/mol. The van der Waals surface area contributed by atoms with Crippen molar-refractivity contribution >= 4 is 29.0 Å². The Labute approximate surface area is 149 Å². The monoisotopic (exact) mass is 355 g/mol. The van der Waals surface area contributed by atoms with Crippen LogP contribution in [0.5, 0.6) is 5.75 Å². The van der Waals surface area contributed by atoms with Crippen molar-refractivity contribution in [2.24, 2.45) is 0 Å². The smallest absolute Gasteiger partial charge is 0.262 e. The molecule has 7 heteroatoms. The minimum Gasteiger partial charge on any atom is -0.496 e. The van der Waals surface area contributed by atoms with Crippen molar-refractivity contribution < 1.29 is 9.53 Å². The van der Waals surface area contributed by atoms with E-state index in [2.05, 4.69) is 10.3 Å². The molecular formula is C18H17N3O3S. The van der Waals surface area contributed by atoms with E-state index in [1.807, 2.05) is 30.3 Å². The summed E-state index contributed by atoms with van der Waals surface area (Å²) in [6.45, 7) is 0.163. The Morgan fingerprint density at radius 2 is 1.92 bits per heavy atom. The molecule has 25 heavy (non-hydrogen) atoms. The van der Waals surface area contributed by atoms with Gasteiger partial charge in [-0.25, -0.2) is 0 Å². The molecule has 1 heterocycles. The van der Waals surface area contributed by atoms with E-state index in [9.17, 15) is 9.59 Å². The van der Waals surface area contributed by atoms with Gasteiger partial charge in [-0.05, 0) is 30.4 Å². The molecular weight excluding hydrogens is 338 g/mol. The van der Waals surface area contributed by atoms with Crippen LogP contribution in [0.15, 0.2) is 53.3 Å². The minimum absolute atomic E-state index is 0.145. The van der Waals surface area contributed by atoms with Gasteiger partial charge in [-0.2, -0.15) is 0 Å². The molecule has 1 aromatic heterocycles. The summed E-state index contributed by atoms with van der Waals surface area (Å²) in [5.41, 5.74) is 1.23. The molecule has 2 aromatic carbocycles. The van der Waals surface area contributed by atoms with Gasteiger partial charge in [0.15, 0.2) is 4.77 Å². The van der Waals surface area contributed by atoms with Crippen LogP contribution in [0, 0.1) is 4.77 Å². The lowest BCUT2D eigenvalue weighted by Gasteiger charge is -2.11. The number of benzene rings is 2. The van der Waals surface area contributed by atoms with Crippen LogP contribution in [0.25, 0.3) is 10.9 Å². The summed E-state index contributed by atoms with van der Waals surface area (Å²) in [5.74, 6) is 0.394. The SMILES string of the molecule is COc1ccccc1CNC(=O)Cn1c(=S)[nH]c2ccccc2c1=O. The molecule has 2 N–H and O–H groups in total. The fourth-order valence-electron chi connectivity index (χ4n) is 2.58. The van der Waals surface area contributed by atoms with Gasteiger partial charge in [0.1, 0.15) is 12.3 Å². The molecule has 128 valence electrons. The van der Waals surface area contributed by atoms with Crippen molar-refractivity contribution in [3.8, 4) is 5.75 Å². The maximum atomic E-state index is 12.5. The first-order valence-electron chi connectivity index (χ1n) is 7.70. The predicted octanol–water partition coefficient (Wildman–Crippen LogP) is 2.38. The van der Waals surface area contributed by atoms with Crippen molar-refractivity contribution in [1.82, 2.24) is 14.9 Å². The van der Waals surface area contributed by atoms with Gasteiger partial charge in [-0.1, -0.05) is 30.3 Å². The number of H-pyrrole nitrogens is 1. The molecule has 0 atom stereocenters. The summed E-state index contributed by atoms with van der Waals surface area (Å²) in [6.07, 6.45) is 0. The van der Waals surface area contributed by atoms with Gasteiger partial charge in [0.25, 0.3) is 5.56 Å². The molecule has 0 bridgehead atoms. The lowest BCUT2D eigenvalue weighted by Crippen LogP contribution is -2.33. The fourth-order valence-corrected chi connectivity index (χ4v) is 2.84. The first kappa shape index (κ1) is 16.9. The highest BCUT2D eigenvalue weighted by molar-refractivity contribution is 7.71. The van der Waals surface area contributed by atoms with Crippen molar-refractivity contribution in [3.63, 3.8) is 0 Å². The average Bonchev–Trinajstić information content (AvgIpc) is 2.63. The number of amides is 1. The Balaban J connectivity index is 1.78. The number of fused-ring (bicyclic) bond motifs is 1. The van der Waals surface area contributed by atoms with E-state index in [-0.39, 0.29) is 22.8 Å². The molecule has 0 aliphatic heterocycles. The van der Waals surface area contributed by atoms with E-state index >= 15 is 0 Å². The lowest BCUT2D eigenvalue weighted by molar-refractivity contribution is -0.121. The van der Waals surface area contributed by atoms with Gasteiger partial charge in [0.2, 0.25) is 5.91 Å². The Bertz CT molecular complexity index is 1040. The summed E-state index contributed by atoms with van der Waals surface area (Å²) >= 11 is 5.21. The zero-order chi connectivity index (χ0) is 17.8. The second-order valence-electron chi connectivity index (χ2n) is 5.46. The van der Waals surface area contributed by atoms with Gasteiger partial charge < -0.3 is 15.0 Å². The number of nitrogens with one attached hydrogen (secondary N) is 2. The van der Waals surface area contributed by atoms with E-state index < -0.39 is 0 Å². The molecule has 0 spiro atoms. The number of para-hydroxylation sites is 2. The number of carbonyl (C=O) groups excluding carboxylic acids is 1. The Hall–Kier alpha value is -2.93. The van der Waals surface area contributed by atoms with Crippen molar-refractivity contribution in [2.45, 2.75) is 13.1 Å². The van der Waals surface area contributed by atoms with E-state index in [0.29, 0.717) is 23.2 Å². The van der Waals surface area contributed by atoms with Crippen LogP contribution in [0.4, 0.5) is 0 Å². The lowest BCUT2D eigenvalue weighted by atomic mass is 10.2. The van der Waals surface area contributed by atoms with Crippen LogP contribution >= 0.6 is 12.2 Å². The van der Waals surface area contributed by atoms with E-state index in [1.165, 1.54) is 4.57 Å². The van der Waals surface area contributed by atoms with Crippen LogP contribution in [-0.2, 0) is 17.9 Å². The molecule has 6 nitrogen and oxygen atoms in total. The van der Waals surface area contributed by atoms with Crippen molar-refractivity contribution in [1.29, 1.82) is 0 Å².